The van der Waals surface area contributed by atoms with Crippen LogP contribution in [0.5, 0.6) is 0 Å². The van der Waals surface area contributed by atoms with Gasteiger partial charge in [0.05, 0.1) is 5.56 Å². The van der Waals surface area contributed by atoms with Gasteiger partial charge in [-0.25, -0.2) is 9.59 Å². The second-order valence-electron chi connectivity index (χ2n) is 5.05. The van der Waals surface area contributed by atoms with E-state index in [9.17, 15) is 14.4 Å². The molecule has 0 unspecified atom stereocenters. The number of hydrogen-bond donors (Lipinski definition) is 4. The molecule has 0 atom stereocenters. The van der Waals surface area contributed by atoms with Crippen molar-refractivity contribution in [2.24, 2.45) is 5.73 Å². The number of nitrogens with two attached hydrogens (primary N) is 1. The second kappa shape index (κ2) is 6.25. The van der Waals surface area contributed by atoms with Crippen LogP contribution in [0.2, 0.25) is 0 Å². The van der Waals surface area contributed by atoms with Crippen molar-refractivity contribution in [3.8, 4) is 0 Å². The van der Waals surface area contributed by atoms with E-state index in [2.05, 4.69) is 10.6 Å². The van der Waals surface area contributed by atoms with E-state index in [0.29, 0.717) is 0 Å². The summed E-state index contributed by atoms with van der Waals surface area (Å²) in [6.45, 7) is 0. The molecule has 2 rings (SSSR count). The molecule has 1 saturated carbocycles. The van der Waals surface area contributed by atoms with Gasteiger partial charge in [-0.2, -0.15) is 0 Å². The minimum Gasteiger partial charge on any atom is -0.478 e. The lowest BCUT2D eigenvalue weighted by Gasteiger charge is -2.13. The quantitative estimate of drug-likeness (QED) is 0.672. The van der Waals surface area contributed by atoms with Crippen molar-refractivity contribution in [2.75, 3.05) is 5.32 Å². The molecule has 3 amide bonds. The highest BCUT2D eigenvalue weighted by Crippen LogP contribution is 2.20. The lowest BCUT2D eigenvalue weighted by molar-refractivity contribution is 0.0697. The zero-order valence-electron chi connectivity index (χ0n) is 11.4. The lowest BCUT2D eigenvalue weighted by atomic mass is 10.1. The Morgan fingerprint density at radius 1 is 1.10 bits per heavy atom. The largest absolute Gasteiger partial charge is 0.478 e. The molecule has 112 valence electrons. The SMILES string of the molecule is NC(=O)Nc1cc(C(=O)O)cc(C(=O)NC2CCCC2)c1. The third-order valence-electron chi connectivity index (χ3n) is 3.40. The van der Waals surface area contributed by atoms with Crippen molar-refractivity contribution in [3.63, 3.8) is 0 Å². The number of carbonyl (C=O) groups is 3. The molecule has 7 heteroatoms. The first-order valence-corrected chi connectivity index (χ1v) is 6.71. The normalized spacial score (nSPS) is 14.7. The summed E-state index contributed by atoms with van der Waals surface area (Å²) in [5.41, 5.74) is 5.29. The summed E-state index contributed by atoms with van der Waals surface area (Å²) in [5.74, 6) is -1.53. The molecule has 1 aromatic carbocycles. The van der Waals surface area contributed by atoms with Crippen LogP contribution in [0.4, 0.5) is 10.5 Å². The highest BCUT2D eigenvalue weighted by molar-refractivity contribution is 6.00. The maximum absolute atomic E-state index is 12.2. The summed E-state index contributed by atoms with van der Waals surface area (Å²) in [6.07, 6.45) is 4.01. The highest BCUT2D eigenvalue weighted by Gasteiger charge is 2.19. The maximum Gasteiger partial charge on any atom is 0.335 e. The minimum atomic E-state index is -1.18. The Labute approximate surface area is 121 Å². The fourth-order valence-electron chi connectivity index (χ4n) is 2.44. The van der Waals surface area contributed by atoms with Crippen LogP contribution in [-0.4, -0.2) is 29.1 Å². The summed E-state index contributed by atoms with van der Waals surface area (Å²) in [7, 11) is 0. The highest BCUT2D eigenvalue weighted by atomic mass is 16.4. The number of amides is 3. The summed E-state index contributed by atoms with van der Waals surface area (Å²) < 4.78 is 0. The molecular formula is C14H17N3O4. The Morgan fingerprint density at radius 2 is 1.71 bits per heavy atom. The van der Waals surface area contributed by atoms with E-state index >= 15 is 0 Å². The third kappa shape index (κ3) is 3.95. The number of carbonyl (C=O) groups excluding carboxylic acids is 2. The fraction of sp³-hybridized carbons (Fsp3) is 0.357. The van der Waals surface area contributed by atoms with Crippen LogP contribution in [0.25, 0.3) is 0 Å². The molecule has 1 fully saturated rings. The van der Waals surface area contributed by atoms with Crippen molar-refractivity contribution >= 4 is 23.6 Å². The summed E-state index contributed by atoms with van der Waals surface area (Å²) >= 11 is 0. The van der Waals surface area contributed by atoms with E-state index in [-0.39, 0.29) is 28.8 Å². The molecule has 0 saturated heterocycles. The van der Waals surface area contributed by atoms with Gasteiger partial charge in [0.25, 0.3) is 5.91 Å². The standard InChI is InChI=1S/C14H17N3O4/c15-14(21)17-11-6-8(5-9(7-11)13(19)20)12(18)16-10-3-1-2-4-10/h5-7,10H,1-4H2,(H,16,18)(H,19,20)(H3,15,17,21). The summed E-state index contributed by atoms with van der Waals surface area (Å²) in [5, 5.41) is 14.2. The molecule has 0 bridgehead atoms. The molecule has 5 N–H and O–H groups in total. The van der Waals surface area contributed by atoms with Gasteiger partial charge in [-0.3, -0.25) is 4.79 Å². The average molecular weight is 291 g/mol. The van der Waals surface area contributed by atoms with E-state index in [1.807, 2.05) is 0 Å². The van der Waals surface area contributed by atoms with E-state index in [1.54, 1.807) is 0 Å². The monoisotopic (exact) mass is 291 g/mol. The number of rotatable bonds is 4. The van der Waals surface area contributed by atoms with Crippen LogP contribution >= 0.6 is 0 Å². The molecular weight excluding hydrogens is 274 g/mol. The number of anilines is 1. The van der Waals surface area contributed by atoms with Gasteiger partial charge in [0.2, 0.25) is 0 Å². The molecule has 0 aromatic heterocycles. The third-order valence-corrected chi connectivity index (χ3v) is 3.40. The van der Waals surface area contributed by atoms with E-state index in [1.165, 1.54) is 18.2 Å². The molecule has 0 heterocycles. The van der Waals surface area contributed by atoms with E-state index in [0.717, 1.165) is 25.7 Å². The molecule has 0 aliphatic heterocycles. The van der Waals surface area contributed by atoms with Crippen molar-refractivity contribution in [2.45, 2.75) is 31.7 Å². The first-order chi connectivity index (χ1) is 9.95. The summed E-state index contributed by atoms with van der Waals surface area (Å²) in [4.78, 5) is 34.1. The molecule has 1 aliphatic carbocycles. The predicted molar refractivity (Wildman–Crippen MR) is 76.3 cm³/mol. The summed E-state index contributed by atoms with van der Waals surface area (Å²) in [6, 6.07) is 3.23. The number of aromatic carboxylic acids is 1. The fourth-order valence-corrected chi connectivity index (χ4v) is 2.44. The van der Waals surface area contributed by atoms with Crippen LogP contribution in [-0.2, 0) is 0 Å². The number of nitrogens with one attached hydrogen (secondary N) is 2. The number of carboxylic acids is 1. The van der Waals surface area contributed by atoms with Gasteiger partial charge in [0.1, 0.15) is 0 Å². The zero-order valence-corrected chi connectivity index (χ0v) is 11.4. The van der Waals surface area contributed by atoms with Gasteiger partial charge < -0.3 is 21.5 Å². The van der Waals surface area contributed by atoms with Gasteiger partial charge in [-0.15, -0.1) is 0 Å². The molecule has 7 nitrogen and oxygen atoms in total. The Balaban J connectivity index is 2.23. The van der Waals surface area contributed by atoms with Crippen molar-refractivity contribution in [1.29, 1.82) is 0 Å². The molecule has 0 spiro atoms. The van der Waals surface area contributed by atoms with Crippen molar-refractivity contribution in [1.82, 2.24) is 5.32 Å². The molecule has 21 heavy (non-hydrogen) atoms. The zero-order chi connectivity index (χ0) is 15.4. The smallest absolute Gasteiger partial charge is 0.335 e. The number of hydrogen-bond acceptors (Lipinski definition) is 3. The number of primary amides is 1. The van der Waals surface area contributed by atoms with Gasteiger partial charge in [-0.1, -0.05) is 12.8 Å². The van der Waals surface area contributed by atoms with Crippen LogP contribution in [0.1, 0.15) is 46.4 Å². The molecule has 1 aromatic rings. The van der Waals surface area contributed by atoms with E-state index < -0.39 is 12.0 Å². The first kappa shape index (κ1) is 14.8. The topological polar surface area (TPSA) is 122 Å². The van der Waals surface area contributed by atoms with Gasteiger partial charge in [-0.05, 0) is 31.0 Å². The number of urea groups is 1. The van der Waals surface area contributed by atoms with E-state index in [4.69, 9.17) is 10.8 Å². The average Bonchev–Trinajstić information content (AvgIpc) is 2.90. The van der Waals surface area contributed by atoms with Gasteiger partial charge in [0, 0.05) is 17.3 Å². The van der Waals surface area contributed by atoms with Gasteiger partial charge in [0.15, 0.2) is 0 Å². The Kier molecular flexibility index (Phi) is 4.42. The Bertz CT molecular complexity index is 580. The Morgan fingerprint density at radius 3 is 2.29 bits per heavy atom. The number of benzene rings is 1. The second-order valence-corrected chi connectivity index (χ2v) is 5.05. The van der Waals surface area contributed by atoms with Gasteiger partial charge >= 0.3 is 12.0 Å². The van der Waals surface area contributed by atoms with Crippen molar-refractivity contribution < 1.29 is 19.5 Å². The lowest BCUT2D eigenvalue weighted by Crippen LogP contribution is -2.32. The predicted octanol–water partition coefficient (Wildman–Crippen LogP) is 1.55. The van der Waals surface area contributed by atoms with Crippen LogP contribution in [0.3, 0.4) is 0 Å². The van der Waals surface area contributed by atoms with Crippen LogP contribution in [0, 0.1) is 0 Å². The minimum absolute atomic E-state index is 0.0854. The van der Waals surface area contributed by atoms with Crippen LogP contribution < -0.4 is 16.4 Å². The van der Waals surface area contributed by atoms with Crippen LogP contribution in [0.15, 0.2) is 18.2 Å². The molecule has 1 aliphatic rings. The van der Waals surface area contributed by atoms with Crippen molar-refractivity contribution in [3.05, 3.63) is 29.3 Å². The maximum atomic E-state index is 12.2. The Hall–Kier alpha value is -2.57. The number of carboxylic acid groups (broad SMARTS) is 1. The first-order valence-electron chi connectivity index (χ1n) is 6.71. The molecule has 0 radical (unpaired) electrons.